The van der Waals surface area contributed by atoms with E-state index in [1.54, 1.807) is 0 Å². The van der Waals surface area contributed by atoms with Crippen molar-refractivity contribution in [1.82, 2.24) is 5.32 Å². The molecule has 9 heteroatoms. The minimum Gasteiger partial charge on any atom is -0.756 e. The van der Waals surface area contributed by atoms with E-state index in [0.29, 0.717) is 23.9 Å². The molecular formula is C27H57N2O6P. The lowest BCUT2D eigenvalue weighted by atomic mass is 10.0. The second-order valence-electron chi connectivity index (χ2n) is 11.1. The van der Waals surface area contributed by atoms with Gasteiger partial charge >= 0.3 is 0 Å². The van der Waals surface area contributed by atoms with Crippen molar-refractivity contribution < 1.29 is 32.9 Å². The third-order valence-corrected chi connectivity index (χ3v) is 7.31. The number of phosphoric acid groups is 1. The largest absolute Gasteiger partial charge is 0.756 e. The van der Waals surface area contributed by atoms with Gasteiger partial charge in [-0.15, -0.1) is 0 Å². The van der Waals surface area contributed by atoms with E-state index in [9.17, 15) is 19.4 Å². The van der Waals surface area contributed by atoms with Crippen molar-refractivity contribution in [2.24, 2.45) is 0 Å². The van der Waals surface area contributed by atoms with E-state index < -0.39 is 20.0 Å². The van der Waals surface area contributed by atoms with Crippen LogP contribution in [0.1, 0.15) is 117 Å². The van der Waals surface area contributed by atoms with Gasteiger partial charge in [0.25, 0.3) is 7.82 Å². The van der Waals surface area contributed by atoms with Gasteiger partial charge in [-0.25, -0.2) is 0 Å². The number of quaternary nitrogens is 1. The van der Waals surface area contributed by atoms with Gasteiger partial charge in [0.2, 0.25) is 5.91 Å². The summed E-state index contributed by atoms with van der Waals surface area (Å²) in [6.45, 7) is 4.58. The molecule has 0 aromatic heterocycles. The Morgan fingerprint density at radius 1 is 0.861 bits per heavy atom. The molecule has 0 heterocycles. The number of carbonyl (C=O) groups excluding carboxylic acids is 1. The van der Waals surface area contributed by atoms with Gasteiger partial charge in [-0.05, 0) is 12.8 Å². The predicted octanol–water partition coefficient (Wildman–Crippen LogP) is 5.32. The number of hydrogen-bond donors (Lipinski definition) is 2. The summed E-state index contributed by atoms with van der Waals surface area (Å²) >= 11 is 0. The highest BCUT2D eigenvalue weighted by Gasteiger charge is 2.24. The molecule has 0 radical (unpaired) electrons. The van der Waals surface area contributed by atoms with Crippen LogP contribution in [0.3, 0.4) is 0 Å². The van der Waals surface area contributed by atoms with Crippen LogP contribution in [-0.2, 0) is 18.4 Å². The lowest BCUT2D eigenvalue weighted by molar-refractivity contribution is -0.870. The Labute approximate surface area is 221 Å². The van der Waals surface area contributed by atoms with E-state index in [-0.39, 0.29) is 19.1 Å². The van der Waals surface area contributed by atoms with Crippen LogP contribution >= 0.6 is 7.82 Å². The molecule has 0 aromatic rings. The average Bonchev–Trinajstić information content (AvgIpc) is 2.79. The van der Waals surface area contributed by atoms with Crippen LogP contribution in [0.15, 0.2) is 0 Å². The molecule has 0 spiro atoms. The van der Waals surface area contributed by atoms with Crippen LogP contribution in [0, 0.1) is 0 Å². The molecule has 0 rings (SSSR count). The van der Waals surface area contributed by atoms with Gasteiger partial charge in [0.15, 0.2) is 0 Å². The van der Waals surface area contributed by atoms with E-state index in [1.165, 1.54) is 51.4 Å². The zero-order valence-electron chi connectivity index (χ0n) is 24.0. The fourth-order valence-corrected chi connectivity index (χ4v) is 4.64. The summed E-state index contributed by atoms with van der Waals surface area (Å²) in [6, 6.07) is -0.786. The van der Waals surface area contributed by atoms with Gasteiger partial charge in [0.1, 0.15) is 13.2 Å². The highest BCUT2D eigenvalue weighted by molar-refractivity contribution is 7.45. The molecule has 0 saturated heterocycles. The Hall–Kier alpha value is -0.500. The molecule has 0 aliphatic rings. The number of aliphatic hydroxyl groups excluding tert-OH is 1. The number of rotatable bonds is 25. The summed E-state index contributed by atoms with van der Waals surface area (Å²) in [6.07, 6.45) is 15.6. The van der Waals surface area contributed by atoms with E-state index in [1.807, 2.05) is 21.1 Å². The first kappa shape index (κ1) is 35.5. The topological polar surface area (TPSA) is 108 Å². The van der Waals surface area contributed by atoms with Crippen molar-refractivity contribution in [2.45, 2.75) is 129 Å². The van der Waals surface area contributed by atoms with Crippen molar-refractivity contribution >= 4 is 13.7 Å². The Balaban J connectivity index is 4.63. The van der Waals surface area contributed by atoms with Crippen molar-refractivity contribution in [3.8, 4) is 0 Å². The maximum atomic E-state index is 12.5. The highest BCUT2D eigenvalue weighted by atomic mass is 31.2. The molecule has 2 N–H and O–H groups in total. The van der Waals surface area contributed by atoms with Crippen LogP contribution in [0.2, 0.25) is 0 Å². The molecule has 0 aliphatic heterocycles. The standard InChI is InChI=1S/C27H57N2O6P/c1-6-8-10-12-14-16-18-20-26(30)25(24-35-36(32,33)34-23-22-29(3,4)5)28-27(31)21-19-17-15-13-11-9-7-2/h25-26,30H,6-24H2,1-5H3,(H-,28,31,32,33). The van der Waals surface area contributed by atoms with Gasteiger partial charge in [-0.2, -0.15) is 0 Å². The first-order valence-electron chi connectivity index (χ1n) is 14.4. The molecule has 0 fully saturated rings. The SMILES string of the molecule is CCCCCCCCCC(=O)NC(COP(=O)([O-])OCC[N+](C)(C)C)C(O)CCCCCCCCC. The monoisotopic (exact) mass is 536 g/mol. The maximum Gasteiger partial charge on any atom is 0.268 e. The van der Waals surface area contributed by atoms with Gasteiger partial charge < -0.3 is 28.8 Å². The molecular weight excluding hydrogens is 479 g/mol. The second kappa shape index (κ2) is 21.4. The Morgan fingerprint density at radius 2 is 1.36 bits per heavy atom. The molecule has 1 amide bonds. The summed E-state index contributed by atoms with van der Waals surface area (Å²) in [5.41, 5.74) is 0. The van der Waals surface area contributed by atoms with E-state index >= 15 is 0 Å². The first-order valence-corrected chi connectivity index (χ1v) is 15.8. The van der Waals surface area contributed by atoms with Crippen molar-refractivity contribution in [3.63, 3.8) is 0 Å². The third-order valence-electron chi connectivity index (χ3n) is 6.35. The van der Waals surface area contributed by atoms with Crippen LogP contribution in [0.5, 0.6) is 0 Å². The first-order chi connectivity index (χ1) is 17.0. The number of carbonyl (C=O) groups is 1. The average molecular weight is 537 g/mol. The lowest BCUT2D eigenvalue weighted by Crippen LogP contribution is -2.46. The minimum absolute atomic E-state index is 0.0140. The van der Waals surface area contributed by atoms with Crippen LogP contribution in [-0.4, -0.2) is 68.5 Å². The number of hydrogen-bond acceptors (Lipinski definition) is 6. The van der Waals surface area contributed by atoms with Crippen LogP contribution in [0.25, 0.3) is 0 Å². The summed E-state index contributed by atoms with van der Waals surface area (Å²) in [4.78, 5) is 24.7. The van der Waals surface area contributed by atoms with E-state index in [4.69, 9.17) is 9.05 Å². The predicted molar refractivity (Wildman–Crippen MR) is 146 cm³/mol. The Morgan fingerprint density at radius 3 is 1.89 bits per heavy atom. The third kappa shape index (κ3) is 22.7. The normalized spacial score (nSPS) is 15.4. The number of amides is 1. The molecule has 0 bridgehead atoms. The second-order valence-corrected chi connectivity index (χ2v) is 12.5. The number of nitrogens with zero attached hydrogens (tertiary/aromatic N) is 1. The van der Waals surface area contributed by atoms with Crippen LogP contribution in [0.4, 0.5) is 0 Å². The molecule has 0 aliphatic carbocycles. The number of unbranched alkanes of at least 4 members (excludes halogenated alkanes) is 12. The maximum absolute atomic E-state index is 12.5. The molecule has 0 aromatic carbocycles. The Kier molecular flexibility index (Phi) is 21.1. The summed E-state index contributed by atoms with van der Waals surface area (Å²) in [5, 5.41) is 13.6. The van der Waals surface area contributed by atoms with Crippen LogP contribution < -0.4 is 10.2 Å². The minimum atomic E-state index is -4.53. The molecule has 216 valence electrons. The fraction of sp³-hybridized carbons (Fsp3) is 0.963. The fourth-order valence-electron chi connectivity index (χ4n) is 3.92. The van der Waals surface area contributed by atoms with Gasteiger partial charge in [0, 0.05) is 6.42 Å². The number of nitrogens with one attached hydrogen (secondary N) is 1. The zero-order valence-corrected chi connectivity index (χ0v) is 24.9. The highest BCUT2D eigenvalue weighted by Crippen LogP contribution is 2.38. The van der Waals surface area contributed by atoms with Gasteiger partial charge in [-0.3, -0.25) is 9.36 Å². The van der Waals surface area contributed by atoms with Crippen molar-refractivity contribution in [2.75, 3.05) is 40.9 Å². The quantitative estimate of drug-likeness (QED) is 0.0929. The lowest BCUT2D eigenvalue weighted by Gasteiger charge is -2.30. The molecule has 8 nitrogen and oxygen atoms in total. The number of aliphatic hydroxyl groups is 1. The van der Waals surface area contributed by atoms with Gasteiger partial charge in [0.05, 0.1) is 39.9 Å². The van der Waals surface area contributed by atoms with E-state index in [2.05, 4.69) is 19.2 Å². The smallest absolute Gasteiger partial charge is 0.268 e. The summed E-state index contributed by atoms with van der Waals surface area (Å²) in [5.74, 6) is -0.178. The van der Waals surface area contributed by atoms with Crippen molar-refractivity contribution in [1.29, 1.82) is 0 Å². The van der Waals surface area contributed by atoms with E-state index in [0.717, 1.165) is 38.5 Å². The summed E-state index contributed by atoms with van der Waals surface area (Å²) in [7, 11) is 1.30. The molecule has 3 unspecified atom stereocenters. The number of likely N-dealkylation sites (N-methyl/N-ethyl adjacent to an activating group) is 1. The van der Waals surface area contributed by atoms with Gasteiger partial charge in [-0.1, -0.05) is 97.3 Å². The van der Waals surface area contributed by atoms with Crippen molar-refractivity contribution in [3.05, 3.63) is 0 Å². The molecule has 3 atom stereocenters. The molecule has 0 saturated carbocycles. The molecule has 36 heavy (non-hydrogen) atoms. The summed E-state index contributed by atoms with van der Waals surface area (Å²) < 4.78 is 22.8. The number of phosphoric ester groups is 1. The zero-order chi connectivity index (χ0) is 27.3. The Bertz CT molecular complexity index is 585.